The van der Waals surface area contributed by atoms with Gasteiger partial charge in [-0.15, -0.1) is 0 Å². The summed E-state index contributed by atoms with van der Waals surface area (Å²) in [5, 5.41) is 1.21. The number of aliphatic imine (C=N–C) groups is 1. The molecule has 5 rings (SSSR count). The van der Waals surface area contributed by atoms with Gasteiger partial charge in [0.2, 0.25) is 5.91 Å². The van der Waals surface area contributed by atoms with Crippen LogP contribution in [-0.4, -0.2) is 21.7 Å². The highest BCUT2D eigenvalue weighted by Gasteiger charge is 2.25. The highest BCUT2D eigenvalue weighted by Crippen LogP contribution is 2.36. The summed E-state index contributed by atoms with van der Waals surface area (Å²) in [5.74, 6) is -0.151. The van der Waals surface area contributed by atoms with E-state index in [1.807, 2.05) is 38.4 Å². The fourth-order valence-corrected chi connectivity index (χ4v) is 4.84. The molecule has 0 fully saturated rings. The molecule has 4 aromatic rings. The highest BCUT2D eigenvalue weighted by molar-refractivity contribution is 5.91. The molecule has 1 atom stereocenters. The largest absolute Gasteiger partial charge is 0.340 e. The van der Waals surface area contributed by atoms with Gasteiger partial charge in [-0.1, -0.05) is 38.1 Å². The van der Waals surface area contributed by atoms with E-state index >= 15 is 0 Å². The maximum atomic E-state index is 13.9. The summed E-state index contributed by atoms with van der Waals surface area (Å²) in [6.45, 7) is 4.37. The Hall–Kier alpha value is -3.60. The van der Waals surface area contributed by atoms with Gasteiger partial charge >= 0.3 is 0 Å². The van der Waals surface area contributed by atoms with Crippen molar-refractivity contribution in [1.82, 2.24) is 9.55 Å². The third kappa shape index (κ3) is 4.43. The third-order valence-electron chi connectivity index (χ3n) is 6.64. The molecule has 5 heteroatoms. The number of pyridine rings is 1. The summed E-state index contributed by atoms with van der Waals surface area (Å²) < 4.78 is 16.2. The summed E-state index contributed by atoms with van der Waals surface area (Å²) in [5.41, 5.74) is 6.89. The molecule has 1 aliphatic rings. The van der Waals surface area contributed by atoms with Gasteiger partial charge in [0.05, 0.1) is 0 Å². The van der Waals surface area contributed by atoms with Crippen LogP contribution in [0, 0.1) is 17.7 Å². The SMILES string of the molecule is CC(C)C(=O)N=CC1CCc2c(c3cc(-c4cccnc4)ccc3n2Cc2cccc(F)c2)C1. The lowest BCUT2D eigenvalue weighted by Crippen LogP contribution is -2.18. The van der Waals surface area contributed by atoms with Gasteiger partial charge < -0.3 is 4.57 Å². The van der Waals surface area contributed by atoms with Crippen LogP contribution in [0.2, 0.25) is 0 Å². The first-order chi connectivity index (χ1) is 16.5. The van der Waals surface area contributed by atoms with Crippen molar-refractivity contribution in [3.05, 3.63) is 89.6 Å². The molecule has 0 saturated carbocycles. The van der Waals surface area contributed by atoms with Crippen LogP contribution in [0.15, 0.2) is 72.0 Å². The second-order valence-corrected chi connectivity index (χ2v) is 9.39. The Morgan fingerprint density at radius 3 is 2.82 bits per heavy atom. The Bertz CT molecular complexity index is 1370. The molecule has 34 heavy (non-hydrogen) atoms. The fraction of sp³-hybridized carbons (Fsp3) is 0.276. The topological polar surface area (TPSA) is 47.2 Å². The second-order valence-electron chi connectivity index (χ2n) is 9.39. The average molecular weight is 454 g/mol. The normalized spacial score (nSPS) is 15.8. The molecule has 1 unspecified atom stereocenters. The number of aromatic nitrogens is 2. The minimum absolute atomic E-state index is 0.0711. The Balaban J connectivity index is 1.58. The Labute approximate surface area is 199 Å². The number of amides is 1. The molecule has 1 aliphatic carbocycles. The van der Waals surface area contributed by atoms with Crippen molar-refractivity contribution in [3.8, 4) is 11.1 Å². The zero-order valence-electron chi connectivity index (χ0n) is 19.5. The number of fused-ring (bicyclic) bond motifs is 3. The number of carbonyl (C=O) groups excluding carboxylic acids is 1. The van der Waals surface area contributed by atoms with Crippen molar-refractivity contribution in [2.75, 3.05) is 0 Å². The maximum Gasteiger partial charge on any atom is 0.247 e. The lowest BCUT2D eigenvalue weighted by atomic mass is 9.86. The van der Waals surface area contributed by atoms with Gasteiger partial charge in [-0.05, 0) is 72.2 Å². The minimum atomic E-state index is -0.215. The summed E-state index contributed by atoms with van der Waals surface area (Å²) in [6, 6.07) is 17.4. The van der Waals surface area contributed by atoms with Crippen molar-refractivity contribution < 1.29 is 9.18 Å². The van der Waals surface area contributed by atoms with Crippen molar-refractivity contribution >= 4 is 23.0 Å². The van der Waals surface area contributed by atoms with Crippen molar-refractivity contribution in [2.45, 2.75) is 39.7 Å². The van der Waals surface area contributed by atoms with E-state index in [9.17, 15) is 9.18 Å². The standard InChI is InChI=1S/C29H28FN3O/c1-19(2)29(34)32-16-20-8-10-27-25(14-20)26-15-22(23-6-4-12-31-17-23)9-11-28(26)33(27)18-21-5-3-7-24(30)13-21/h3-7,9,11-13,15-17,19-20H,8,10,14,18H2,1-2H3. The molecule has 2 heterocycles. The summed E-state index contributed by atoms with van der Waals surface area (Å²) in [4.78, 5) is 20.5. The van der Waals surface area contributed by atoms with E-state index in [4.69, 9.17) is 0 Å². The second kappa shape index (κ2) is 9.34. The van der Waals surface area contributed by atoms with Gasteiger partial charge in [-0.25, -0.2) is 9.38 Å². The van der Waals surface area contributed by atoms with Crippen LogP contribution in [0.4, 0.5) is 4.39 Å². The first kappa shape index (κ1) is 22.2. The average Bonchev–Trinajstić information content (AvgIpc) is 3.15. The highest BCUT2D eigenvalue weighted by atomic mass is 19.1. The molecular weight excluding hydrogens is 425 g/mol. The van der Waals surface area contributed by atoms with Crippen LogP contribution in [0.1, 0.15) is 37.1 Å². The fourth-order valence-electron chi connectivity index (χ4n) is 4.84. The minimum Gasteiger partial charge on any atom is -0.340 e. The van der Waals surface area contributed by atoms with Gasteiger partial charge in [0.15, 0.2) is 0 Å². The summed E-state index contributed by atoms with van der Waals surface area (Å²) in [6.07, 6.45) is 8.19. The Kier molecular flexibility index (Phi) is 6.10. The predicted octanol–water partition coefficient (Wildman–Crippen LogP) is 6.25. The smallest absolute Gasteiger partial charge is 0.247 e. The Morgan fingerprint density at radius 2 is 2.06 bits per heavy atom. The summed E-state index contributed by atoms with van der Waals surface area (Å²) in [7, 11) is 0. The molecule has 0 N–H and O–H groups in total. The molecular formula is C29H28FN3O. The number of rotatable bonds is 5. The molecule has 0 aliphatic heterocycles. The first-order valence-corrected chi connectivity index (χ1v) is 11.9. The molecule has 0 spiro atoms. The first-order valence-electron chi connectivity index (χ1n) is 11.9. The van der Waals surface area contributed by atoms with E-state index in [0.717, 1.165) is 41.5 Å². The molecule has 0 bridgehead atoms. The van der Waals surface area contributed by atoms with Crippen LogP contribution in [-0.2, 0) is 24.2 Å². The summed E-state index contributed by atoms with van der Waals surface area (Å²) >= 11 is 0. The number of hydrogen-bond donors (Lipinski definition) is 0. The van der Waals surface area contributed by atoms with E-state index in [2.05, 4.69) is 38.8 Å². The monoisotopic (exact) mass is 453 g/mol. The lowest BCUT2D eigenvalue weighted by molar-refractivity contribution is -0.120. The van der Waals surface area contributed by atoms with E-state index < -0.39 is 0 Å². The number of nitrogens with zero attached hydrogens (tertiary/aromatic N) is 3. The van der Waals surface area contributed by atoms with E-state index in [1.165, 1.54) is 22.7 Å². The number of benzene rings is 2. The van der Waals surface area contributed by atoms with Crippen molar-refractivity contribution in [2.24, 2.45) is 16.8 Å². The number of hydrogen-bond acceptors (Lipinski definition) is 2. The zero-order chi connectivity index (χ0) is 23.7. The molecule has 1 amide bonds. The van der Waals surface area contributed by atoms with Crippen LogP contribution in [0.5, 0.6) is 0 Å². The maximum absolute atomic E-state index is 13.9. The Morgan fingerprint density at radius 1 is 1.18 bits per heavy atom. The zero-order valence-corrected chi connectivity index (χ0v) is 19.5. The van der Waals surface area contributed by atoms with Gasteiger partial charge in [-0.2, -0.15) is 0 Å². The van der Waals surface area contributed by atoms with E-state index in [-0.39, 0.29) is 23.6 Å². The van der Waals surface area contributed by atoms with E-state index in [1.54, 1.807) is 18.3 Å². The van der Waals surface area contributed by atoms with Crippen molar-refractivity contribution in [1.29, 1.82) is 0 Å². The van der Waals surface area contributed by atoms with Crippen LogP contribution < -0.4 is 0 Å². The molecule has 2 aromatic carbocycles. The molecule has 2 aromatic heterocycles. The van der Waals surface area contributed by atoms with Crippen molar-refractivity contribution in [3.63, 3.8) is 0 Å². The predicted molar refractivity (Wildman–Crippen MR) is 135 cm³/mol. The molecule has 0 radical (unpaired) electrons. The molecule has 172 valence electrons. The van der Waals surface area contributed by atoms with Gasteiger partial charge in [-0.3, -0.25) is 9.78 Å². The third-order valence-corrected chi connectivity index (χ3v) is 6.64. The van der Waals surface area contributed by atoms with Crippen LogP contribution in [0.3, 0.4) is 0 Å². The lowest BCUT2D eigenvalue weighted by Gasteiger charge is -2.21. The molecule has 0 saturated heterocycles. The van der Waals surface area contributed by atoms with Gasteiger partial charge in [0.25, 0.3) is 0 Å². The number of carbonyl (C=O) groups is 1. The van der Waals surface area contributed by atoms with Gasteiger partial charge in [0, 0.05) is 53.2 Å². The number of halogens is 1. The molecule has 4 nitrogen and oxygen atoms in total. The van der Waals surface area contributed by atoms with Crippen LogP contribution in [0.25, 0.3) is 22.0 Å². The van der Waals surface area contributed by atoms with Gasteiger partial charge in [0.1, 0.15) is 5.82 Å². The van der Waals surface area contributed by atoms with E-state index in [0.29, 0.717) is 6.54 Å². The quantitative estimate of drug-likeness (QED) is 0.335. The van der Waals surface area contributed by atoms with Crippen LogP contribution >= 0.6 is 0 Å².